The molecule has 0 radical (unpaired) electrons. The second-order valence-corrected chi connectivity index (χ2v) is 4.64. The summed E-state index contributed by atoms with van der Waals surface area (Å²) in [5.41, 5.74) is 0.543. The van der Waals surface area contributed by atoms with Crippen molar-refractivity contribution in [3.63, 3.8) is 0 Å². The third-order valence-corrected chi connectivity index (χ3v) is 3.21. The van der Waals surface area contributed by atoms with E-state index in [0.29, 0.717) is 24.3 Å². The number of halogens is 1. The molecule has 0 spiro atoms. The molecule has 1 amide bonds. The normalized spacial score (nSPS) is 12.1. The Hall–Kier alpha value is -2.14. The fourth-order valence-corrected chi connectivity index (χ4v) is 2.02. The van der Waals surface area contributed by atoms with Gasteiger partial charge in [-0.3, -0.25) is 4.79 Å². The first-order chi connectivity index (χ1) is 10.2. The minimum absolute atomic E-state index is 0.146. The van der Waals surface area contributed by atoms with Gasteiger partial charge in [0.2, 0.25) is 5.91 Å². The second kappa shape index (κ2) is 7.59. The maximum atomic E-state index is 13.4. The maximum absolute atomic E-state index is 13.4. The number of amides is 1. The number of methoxy groups -OCH3 is 1. The molecule has 0 bridgehead atoms. The summed E-state index contributed by atoms with van der Waals surface area (Å²) in [6.45, 7) is 0.320. The molecule has 2 aromatic rings. The molecule has 5 heteroatoms. The predicted octanol–water partition coefficient (Wildman–Crippen LogP) is 2.86. The molecule has 1 aromatic heterocycles. The van der Waals surface area contributed by atoms with E-state index in [2.05, 4.69) is 5.32 Å². The minimum Gasteiger partial charge on any atom is -0.467 e. The van der Waals surface area contributed by atoms with Gasteiger partial charge in [-0.25, -0.2) is 4.39 Å². The smallest absolute Gasteiger partial charge is 0.220 e. The van der Waals surface area contributed by atoms with Crippen LogP contribution in [0.4, 0.5) is 4.39 Å². The lowest BCUT2D eigenvalue weighted by Crippen LogP contribution is -2.29. The molecule has 2 rings (SSSR count). The molecule has 1 heterocycles. The predicted molar refractivity (Wildman–Crippen MR) is 76.2 cm³/mol. The van der Waals surface area contributed by atoms with Gasteiger partial charge in [-0.2, -0.15) is 0 Å². The SMILES string of the molecule is CO[C@@H](CNC(=O)CCc1ccccc1F)c1ccco1. The molecule has 0 fully saturated rings. The Labute approximate surface area is 122 Å². The molecule has 21 heavy (non-hydrogen) atoms. The van der Waals surface area contributed by atoms with Crippen LogP contribution in [0.3, 0.4) is 0 Å². The summed E-state index contributed by atoms with van der Waals surface area (Å²) < 4.78 is 23.9. The summed E-state index contributed by atoms with van der Waals surface area (Å²) in [6, 6.07) is 10.0. The number of nitrogens with one attached hydrogen (secondary N) is 1. The van der Waals surface area contributed by atoms with Crippen LogP contribution in [0.15, 0.2) is 47.1 Å². The summed E-state index contributed by atoms with van der Waals surface area (Å²) in [5.74, 6) is 0.231. The molecule has 0 aliphatic carbocycles. The van der Waals surface area contributed by atoms with E-state index in [9.17, 15) is 9.18 Å². The highest BCUT2D eigenvalue weighted by atomic mass is 19.1. The van der Waals surface area contributed by atoms with Gasteiger partial charge in [0.05, 0.1) is 12.8 Å². The van der Waals surface area contributed by atoms with Crippen molar-refractivity contribution in [1.82, 2.24) is 5.32 Å². The number of carbonyl (C=O) groups excluding carboxylic acids is 1. The molecule has 112 valence electrons. The van der Waals surface area contributed by atoms with E-state index in [1.807, 2.05) is 0 Å². The van der Waals surface area contributed by atoms with Gasteiger partial charge in [-0.15, -0.1) is 0 Å². The Morgan fingerprint density at radius 3 is 2.81 bits per heavy atom. The third kappa shape index (κ3) is 4.43. The van der Waals surface area contributed by atoms with Crippen molar-refractivity contribution in [2.45, 2.75) is 18.9 Å². The van der Waals surface area contributed by atoms with E-state index >= 15 is 0 Å². The van der Waals surface area contributed by atoms with Crippen molar-refractivity contribution in [2.24, 2.45) is 0 Å². The largest absolute Gasteiger partial charge is 0.467 e. The molecule has 1 atom stereocenters. The summed E-state index contributed by atoms with van der Waals surface area (Å²) >= 11 is 0. The van der Waals surface area contributed by atoms with Crippen LogP contribution in [0.2, 0.25) is 0 Å². The van der Waals surface area contributed by atoms with E-state index in [-0.39, 0.29) is 24.2 Å². The zero-order chi connectivity index (χ0) is 15.1. The first-order valence-corrected chi connectivity index (χ1v) is 6.77. The van der Waals surface area contributed by atoms with Crippen LogP contribution in [0.5, 0.6) is 0 Å². The van der Waals surface area contributed by atoms with Gasteiger partial charge < -0.3 is 14.5 Å². The number of hydrogen-bond acceptors (Lipinski definition) is 3. The number of ether oxygens (including phenoxy) is 1. The molecule has 0 saturated heterocycles. The number of carbonyl (C=O) groups is 1. The maximum Gasteiger partial charge on any atom is 0.220 e. The van der Waals surface area contributed by atoms with E-state index in [1.165, 1.54) is 6.07 Å². The Bertz CT molecular complexity index is 569. The molecule has 0 unspecified atom stereocenters. The zero-order valence-electron chi connectivity index (χ0n) is 11.8. The second-order valence-electron chi connectivity index (χ2n) is 4.64. The van der Waals surface area contributed by atoms with Crippen LogP contribution in [-0.4, -0.2) is 19.6 Å². The lowest BCUT2D eigenvalue weighted by atomic mass is 10.1. The molecular weight excluding hydrogens is 273 g/mol. The number of aryl methyl sites for hydroxylation is 1. The summed E-state index contributed by atoms with van der Waals surface area (Å²) in [5, 5.41) is 2.77. The van der Waals surface area contributed by atoms with Crippen LogP contribution >= 0.6 is 0 Å². The van der Waals surface area contributed by atoms with Gasteiger partial charge in [0, 0.05) is 13.5 Å². The molecule has 4 nitrogen and oxygen atoms in total. The van der Waals surface area contributed by atoms with Crippen LogP contribution < -0.4 is 5.32 Å². The zero-order valence-corrected chi connectivity index (χ0v) is 11.8. The Kier molecular flexibility index (Phi) is 5.51. The first-order valence-electron chi connectivity index (χ1n) is 6.77. The number of hydrogen-bond donors (Lipinski definition) is 1. The standard InChI is InChI=1S/C16H18FNO3/c1-20-15(14-7-4-10-21-14)11-18-16(19)9-8-12-5-2-3-6-13(12)17/h2-7,10,15H,8-9,11H2,1H3,(H,18,19)/t15-/m0/s1. The van der Waals surface area contributed by atoms with Crippen molar-refractivity contribution in [3.05, 3.63) is 59.8 Å². The number of furan rings is 1. The van der Waals surface area contributed by atoms with Crippen LogP contribution in [-0.2, 0) is 16.0 Å². The van der Waals surface area contributed by atoms with Gasteiger partial charge in [-0.05, 0) is 30.2 Å². The molecule has 0 saturated carbocycles. The molecule has 0 aliphatic rings. The Morgan fingerprint density at radius 1 is 1.33 bits per heavy atom. The van der Waals surface area contributed by atoms with E-state index in [4.69, 9.17) is 9.15 Å². The van der Waals surface area contributed by atoms with Crippen LogP contribution in [0.25, 0.3) is 0 Å². The lowest BCUT2D eigenvalue weighted by molar-refractivity contribution is -0.121. The average Bonchev–Trinajstić information content (AvgIpc) is 3.01. The quantitative estimate of drug-likeness (QED) is 0.853. The van der Waals surface area contributed by atoms with Gasteiger partial charge in [0.1, 0.15) is 17.7 Å². The molecule has 1 aromatic carbocycles. The number of rotatable bonds is 7. The highest BCUT2D eigenvalue weighted by molar-refractivity contribution is 5.76. The molecular formula is C16H18FNO3. The van der Waals surface area contributed by atoms with E-state index < -0.39 is 0 Å². The van der Waals surface area contributed by atoms with Crippen LogP contribution in [0, 0.1) is 5.82 Å². The van der Waals surface area contributed by atoms with Crippen LogP contribution in [0.1, 0.15) is 23.8 Å². The molecule has 1 N–H and O–H groups in total. The minimum atomic E-state index is -0.322. The monoisotopic (exact) mass is 291 g/mol. The van der Waals surface area contributed by atoms with Gasteiger partial charge in [0.15, 0.2) is 0 Å². The van der Waals surface area contributed by atoms with Crippen molar-refractivity contribution in [2.75, 3.05) is 13.7 Å². The highest BCUT2D eigenvalue weighted by Crippen LogP contribution is 2.16. The fraction of sp³-hybridized carbons (Fsp3) is 0.312. The Morgan fingerprint density at radius 2 is 2.14 bits per heavy atom. The van der Waals surface area contributed by atoms with Crippen molar-refractivity contribution in [3.8, 4) is 0 Å². The molecule has 0 aliphatic heterocycles. The highest BCUT2D eigenvalue weighted by Gasteiger charge is 2.14. The van der Waals surface area contributed by atoms with Crippen molar-refractivity contribution in [1.29, 1.82) is 0 Å². The lowest BCUT2D eigenvalue weighted by Gasteiger charge is -2.13. The summed E-state index contributed by atoms with van der Waals surface area (Å²) in [4.78, 5) is 11.8. The average molecular weight is 291 g/mol. The van der Waals surface area contributed by atoms with Crippen molar-refractivity contribution < 1.29 is 18.3 Å². The van der Waals surface area contributed by atoms with E-state index in [1.54, 1.807) is 43.7 Å². The topological polar surface area (TPSA) is 51.5 Å². The van der Waals surface area contributed by atoms with Crippen molar-refractivity contribution >= 4 is 5.91 Å². The fourth-order valence-electron chi connectivity index (χ4n) is 2.02. The first kappa shape index (κ1) is 15.3. The Balaban J connectivity index is 1.78. The van der Waals surface area contributed by atoms with E-state index in [0.717, 1.165) is 0 Å². The van der Waals surface area contributed by atoms with Gasteiger partial charge >= 0.3 is 0 Å². The third-order valence-electron chi connectivity index (χ3n) is 3.21. The number of benzene rings is 1. The summed E-state index contributed by atoms with van der Waals surface area (Å²) in [7, 11) is 1.55. The summed E-state index contributed by atoms with van der Waals surface area (Å²) in [6.07, 6.45) is 1.84. The van der Waals surface area contributed by atoms with Gasteiger partial charge in [0.25, 0.3) is 0 Å². The van der Waals surface area contributed by atoms with Gasteiger partial charge in [-0.1, -0.05) is 18.2 Å².